The maximum Gasteiger partial charge on any atom is 0.156 e. The first-order valence-corrected chi connectivity index (χ1v) is 3.87. The second-order valence-corrected chi connectivity index (χ2v) is 2.71. The van der Waals surface area contributed by atoms with Crippen LogP contribution >= 0.6 is 11.6 Å². The maximum atomic E-state index is 5.72. The monoisotopic (exact) mass is 182 g/mol. The normalized spacial score (nSPS) is 10.5. The highest BCUT2D eigenvalue weighted by atomic mass is 35.5. The lowest BCUT2D eigenvalue weighted by molar-refractivity contribution is 0.940. The molecule has 12 heavy (non-hydrogen) atoms. The summed E-state index contributed by atoms with van der Waals surface area (Å²) in [7, 11) is 1.81. The molecule has 0 saturated carbocycles. The van der Waals surface area contributed by atoms with Gasteiger partial charge in [0.25, 0.3) is 0 Å². The standard InChI is InChI=1S/C7H7ClN4/c1-9-7-4-10-6-3-2-5(8)11-12(6)7/h2-4,9H,1H3. The smallest absolute Gasteiger partial charge is 0.156 e. The van der Waals surface area contributed by atoms with Crippen LogP contribution < -0.4 is 5.32 Å². The molecule has 2 heterocycles. The quantitative estimate of drug-likeness (QED) is 0.726. The summed E-state index contributed by atoms with van der Waals surface area (Å²) in [5, 5.41) is 7.48. The summed E-state index contributed by atoms with van der Waals surface area (Å²) in [6, 6.07) is 3.53. The molecule has 0 aromatic carbocycles. The third-order valence-corrected chi connectivity index (χ3v) is 1.79. The van der Waals surface area contributed by atoms with Crippen LogP contribution in [0.25, 0.3) is 5.65 Å². The largest absolute Gasteiger partial charge is 0.372 e. The Morgan fingerprint density at radius 2 is 2.33 bits per heavy atom. The number of anilines is 1. The summed E-state index contributed by atoms with van der Waals surface area (Å²) < 4.78 is 1.66. The molecule has 0 amide bonds. The highest BCUT2D eigenvalue weighted by Gasteiger charge is 2.01. The number of halogens is 1. The van der Waals surface area contributed by atoms with Crippen molar-refractivity contribution in [1.29, 1.82) is 0 Å². The van der Waals surface area contributed by atoms with E-state index in [9.17, 15) is 0 Å². The van der Waals surface area contributed by atoms with Crippen molar-refractivity contribution in [2.45, 2.75) is 0 Å². The van der Waals surface area contributed by atoms with Gasteiger partial charge >= 0.3 is 0 Å². The fraction of sp³-hybridized carbons (Fsp3) is 0.143. The van der Waals surface area contributed by atoms with Gasteiger partial charge in [0.2, 0.25) is 0 Å². The number of imidazole rings is 1. The Balaban J connectivity index is 2.75. The number of hydrogen-bond acceptors (Lipinski definition) is 3. The van der Waals surface area contributed by atoms with Crippen molar-refractivity contribution < 1.29 is 0 Å². The van der Waals surface area contributed by atoms with Crippen LogP contribution in [0.3, 0.4) is 0 Å². The molecule has 62 valence electrons. The highest BCUT2D eigenvalue weighted by Crippen LogP contribution is 2.11. The van der Waals surface area contributed by atoms with Crippen molar-refractivity contribution in [3.63, 3.8) is 0 Å². The van der Waals surface area contributed by atoms with E-state index < -0.39 is 0 Å². The van der Waals surface area contributed by atoms with Gasteiger partial charge in [0, 0.05) is 7.05 Å². The van der Waals surface area contributed by atoms with Crippen molar-refractivity contribution in [2.24, 2.45) is 0 Å². The van der Waals surface area contributed by atoms with Crippen molar-refractivity contribution in [2.75, 3.05) is 12.4 Å². The molecule has 2 aromatic rings. The molecule has 0 spiro atoms. The van der Waals surface area contributed by atoms with Gasteiger partial charge in [-0.25, -0.2) is 4.98 Å². The SMILES string of the molecule is CNc1cnc2ccc(Cl)nn12. The zero-order valence-corrected chi connectivity index (χ0v) is 7.21. The van der Waals surface area contributed by atoms with E-state index in [-0.39, 0.29) is 0 Å². The van der Waals surface area contributed by atoms with Gasteiger partial charge in [-0.05, 0) is 12.1 Å². The molecule has 2 rings (SSSR count). The van der Waals surface area contributed by atoms with Gasteiger partial charge in [0.1, 0.15) is 11.0 Å². The second kappa shape index (κ2) is 2.64. The van der Waals surface area contributed by atoms with E-state index in [4.69, 9.17) is 11.6 Å². The molecule has 0 saturated heterocycles. The van der Waals surface area contributed by atoms with Crippen LogP contribution in [0, 0.1) is 0 Å². The Morgan fingerprint density at radius 3 is 3.08 bits per heavy atom. The lowest BCUT2D eigenvalue weighted by atomic mass is 10.6. The summed E-state index contributed by atoms with van der Waals surface area (Å²) >= 11 is 5.72. The van der Waals surface area contributed by atoms with Crippen LogP contribution in [0.4, 0.5) is 5.82 Å². The minimum atomic E-state index is 0.456. The van der Waals surface area contributed by atoms with Crippen molar-refractivity contribution in [3.8, 4) is 0 Å². The summed E-state index contributed by atoms with van der Waals surface area (Å²) in [4.78, 5) is 4.11. The zero-order chi connectivity index (χ0) is 8.55. The molecule has 0 radical (unpaired) electrons. The van der Waals surface area contributed by atoms with E-state index in [1.54, 1.807) is 16.8 Å². The Bertz CT molecular complexity index is 409. The molecule has 0 fully saturated rings. The Hall–Kier alpha value is -1.29. The van der Waals surface area contributed by atoms with Gasteiger partial charge in [-0.1, -0.05) is 11.6 Å². The van der Waals surface area contributed by atoms with Gasteiger partial charge < -0.3 is 5.32 Å². The van der Waals surface area contributed by atoms with Crippen LogP contribution in [-0.2, 0) is 0 Å². The van der Waals surface area contributed by atoms with Crippen LogP contribution in [0.5, 0.6) is 0 Å². The molecular weight excluding hydrogens is 176 g/mol. The van der Waals surface area contributed by atoms with Gasteiger partial charge in [-0.3, -0.25) is 0 Å². The number of rotatable bonds is 1. The van der Waals surface area contributed by atoms with E-state index in [1.165, 1.54) is 0 Å². The molecule has 1 N–H and O–H groups in total. The van der Waals surface area contributed by atoms with Crippen LogP contribution in [0.1, 0.15) is 0 Å². The first-order valence-electron chi connectivity index (χ1n) is 3.49. The predicted octanol–water partition coefficient (Wildman–Crippen LogP) is 1.42. The minimum absolute atomic E-state index is 0.456. The molecule has 0 aliphatic rings. The lowest BCUT2D eigenvalue weighted by Gasteiger charge is -1.97. The fourth-order valence-electron chi connectivity index (χ4n) is 1.02. The van der Waals surface area contributed by atoms with E-state index >= 15 is 0 Å². The molecule has 5 heteroatoms. The molecule has 0 bridgehead atoms. The van der Waals surface area contributed by atoms with Crippen LogP contribution in [0.15, 0.2) is 18.3 Å². The van der Waals surface area contributed by atoms with E-state index in [0.717, 1.165) is 11.5 Å². The molecule has 0 unspecified atom stereocenters. The first-order chi connectivity index (χ1) is 5.81. The van der Waals surface area contributed by atoms with Gasteiger partial charge in [0.05, 0.1) is 6.20 Å². The van der Waals surface area contributed by atoms with Crippen LogP contribution in [0.2, 0.25) is 5.15 Å². The summed E-state index contributed by atoms with van der Waals surface area (Å²) in [5.41, 5.74) is 0.781. The Kier molecular flexibility index (Phi) is 1.62. The average Bonchev–Trinajstić information content (AvgIpc) is 2.46. The second-order valence-electron chi connectivity index (χ2n) is 2.32. The summed E-state index contributed by atoms with van der Waals surface area (Å²) in [6.07, 6.45) is 1.71. The fourth-order valence-corrected chi connectivity index (χ4v) is 1.16. The third-order valence-electron chi connectivity index (χ3n) is 1.59. The summed E-state index contributed by atoms with van der Waals surface area (Å²) in [5.74, 6) is 0.826. The highest BCUT2D eigenvalue weighted by molar-refractivity contribution is 6.29. The molecular formula is C7H7ClN4. The number of aromatic nitrogens is 3. The molecule has 0 atom stereocenters. The predicted molar refractivity (Wildman–Crippen MR) is 47.5 cm³/mol. The lowest BCUT2D eigenvalue weighted by Crippen LogP contribution is -1.97. The van der Waals surface area contributed by atoms with Gasteiger partial charge in [0.15, 0.2) is 5.65 Å². The van der Waals surface area contributed by atoms with Crippen LogP contribution in [-0.4, -0.2) is 21.6 Å². The molecule has 4 nitrogen and oxygen atoms in total. The van der Waals surface area contributed by atoms with E-state index in [1.807, 2.05) is 13.1 Å². The number of nitrogens with one attached hydrogen (secondary N) is 1. The number of fused-ring (bicyclic) bond motifs is 1. The summed E-state index contributed by atoms with van der Waals surface area (Å²) in [6.45, 7) is 0. The number of hydrogen-bond donors (Lipinski definition) is 1. The Labute approximate surface area is 74.2 Å². The topological polar surface area (TPSA) is 42.2 Å². The number of nitrogens with zero attached hydrogens (tertiary/aromatic N) is 3. The van der Waals surface area contributed by atoms with Crippen molar-refractivity contribution in [3.05, 3.63) is 23.5 Å². The van der Waals surface area contributed by atoms with E-state index in [0.29, 0.717) is 5.15 Å². The van der Waals surface area contributed by atoms with Crippen molar-refractivity contribution >= 4 is 23.1 Å². The zero-order valence-electron chi connectivity index (χ0n) is 6.45. The average molecular weight is 183 g/mol. The maximum absolute atomic E-state index is 5.72. The Morgan fingerprint density at radius 1 is 1.50 bits per heavy atom. The minimum Gasteiger partial charge on any atom is -0.372 e. The molecule has 0 aliphatic heterocycles. The molecule has 2 aromatic heterocycles. The third kappa shape index (κ3) is 1.00. The van der Waals surface area contributed by atoms with E-state index in [2.05, 4.69) is 15.4 Å². The van der Waals surface area contributed by atoms with Gasteiger partial charge in [-0.15, -0.1) is 0 Å². The van der Waals surface area contributed by atoms with Gasteiger partial charge in [-0.2, -0.15) is 9.61 Å². The first kappa shape index (κ1) is 7.36. The molecule has 0 aliphatic carbocycles. The van der Waals surface area contributed by atoms with Crippen molar-refractivity contribution in [1.82, 2.24) is 14.6 Å².